The molecule has 1 aromatic carbocycles. The van der Waals surface area contributed by atoms with Crippen LogP contribution in [0.15, 0.2) is 24.3 Å². The van der Waals surface area contributed by atoms with Crippen molar-refractivity contribution in [3.63, 3.8) is 0 Å². The lowest BCUT2D eigenvalue weighted by atomic mass is 10.0. The smallest absolute Gasteiger partial charge is 0.328 e. The standard InChI is InChI=1S/C14H18N2O6/c1-22-14(21)10(6-8-4-2-3-5-11(8)17)16-13(20)9(15)7-12(18)19/h2-5,9-10,17H,6-7,15H2,1H3,(H,16,20)(H,18,19). The van der Waals surface area contributed by atoms with Gasteiger partial charge in [-0.2, -0.15) is 0 Å². The highest BCUT2D eigenvalue weighted by Crippen LogP contribution is 2.17. The van der Waals surface area contributed by atoms with Crippen LogP contribution in [0.25, 0.3) is 0 Å². The fourth-order valence-electron chi connectivity index (χ4n) is 1.82. The number of nitrogens with one attached hydrogen (secondary N) is 1. The van der Waals surface area contributed by atoms with Gasteiger partial charge in [0.05, 0.1) is 7.11 Å². The van der Waals surface area contributed by atoms with E-state index in [0.29, 0.717) is 5.56 Å². The van der Waals surface area contributed by atoms with Crippen molar-refractivity contribution in [1.82, 2.24) is 5.32 Å². The van der Waals surface area contributed by atoms with Gasteiger partial charge in [-0.15, -0.1) is 0 Å². The summed E-state index contributed by atoms with van der Waals surface area (Å²) in [6.07, 6.45) is -0.556. The molecule has 1 rings (SSSR count). The number of carboxylic acids is 1. The molecule has 2 atom stereocenters. The Hall–Kier alpha value is -2.61. The second-order valence-electron chi connectivity index (χ2n) is 4.69. The lowest BCUT2D eigenvalue weighted by molar-refractivity contribution is -0.408. The average molecular weight is 310 g/mol. The number of para-hydroxylation sites is 1. The number of carboxylic acid groups (broad SMARTS) is 1. The van der Waals surface area contributed by atoms with E-state index < -0.39 is 36.4 Å². The van der Waals surface area contributed by atoms with Gasteiger partial charge in [0.15, 0.2) is 6.04 Å². The Morgan fingerprint density at radius 2 is 2.00 bits per heavy atom. The van der Waals surface area contributed by atoms with Gasteiger partial charge < -0.3 is 30.8 Å². The van der Waals surface area contributed by atoms with Crippen LogP contribution in [0.1, 0.15) is 12.0 Å². The number of aromatic hydroxyl groups is 1. The highest BCUT2D eigenvalue weighted by atomic mass is 16.5. The minimum absolute atomic E-state index is 0.00310. The number of ether oxygens (including phenoxy) is 1. The molecule has 120 valence electrons. The third kappa shape index (κ3) is 5.06. The number of phenolic OH excluding ortho intramolecular Hbond substituents is 1. The van der Waals surface area contributed by atoms with Crippen LogP contribution >= 0.6 is 0 Å². The highest BCUT2D eigenvalue weighted by Gasteiger charge is 2.27. The van der Waals surface area contributed by atoms with E-state index >= 15 is 0 Å². The summed E-state index contributed by atoms with van der Waals surface area (Å²) in [4.78, 5) is 34.1. The van der Waals surface area contributed by atoms with Crippen molar-refractivity contribution in [3.05, 3.63) is 29.8 Å². The number of aliphatic carboxylic acids is 1. The van der Waals surface area contributed by atoms with Gasteiger partial charge in [-0.1, -0.05) is 18.2 Å². The maximum absolute atomic E-state index is 11.8. The normalized spacial score (nSPS) is 13.0. The Labute approximate surface area is 126 Å². The quantitative estimate of drug-likeness (QED) is 0.469. The zero-order valence-electron chi connectivity index (χ0n) is 12.1. The first-order valence-corrected chi connectivity index (χ1v) is 6.53. The number of carbonyl (C=O) groups is 3. The van der Waals surface area contributed by atoms with Crippen LogP contribution in [0, 0.1) is 0 Å². The van der Waals surface area contributed by atoms with Crippen LogP contribution < -0.4 is 16.2 Å². The van der Waals surface area contributed by atoms with Gasteiger partial charge in [-0.05, 0) is 11.6 Å². The van der Waals surface area contributed by atoms with E-state index in [2.05, 4.69) is 15.8 Å². The molecule has 0 radical (unpaired) electrons. The number of esters is 1. The van der Waals surface area contributed by atoms with E-state index in [4.69, 9.17) is 0 Å². The molecule has 1 aromatic rings. The van der Waals surface area contributed by atoms with Crippen molar-refractivity contribution in [2.45, 2.75) is 24.9 Å². The minimum atomic E-state index is -1.41. The number of carbonyl (C=O) groups excluding carboxylic acids is 3. The summed E-state index contributed by atoms with van der Waals surface area (Å²) in [6.45, 7) is 0. The third-order valence-corrected chi connectivity index (χ3v) is 3.00. The molecular formula is C14H18N2O6. The Balaban J connectivity index is 2.81. The molecule has 0 fully saturated rings. The molecule has 1 amide bonds. The first kappa shape index (κ1) is 17.4. The number of hydrogen-bond donors (Lipinski definition) is 3. The predicted molar refractivity (Wildman–Crippen MR) is 72.1 cm³/mol. The minimum Gasteiger partial charge on any atom is -0.550 e. The average Bonchev–Trinajstić information content (AvgIpc) is 2.47. The molecule has 0 aliphatic heterocycles. The molecule has 8 nitrogen and oxygen atoms in total. The van der Waals surface area contributed by atoms with Crippen molar-refractivity contribution in [3.8, 4) is 5.75 Å². The molecule has 0 aromatic heterocycles. The first-order valence-electron chi connectivity index (χ1n) is 6.53. The van der Waals surface area contributed by atoms with Gasteiger partial charge >= 0.3 is 5.97 Å². The maximum atomic E-state index is 11.8. The van der Waals surface area contributed by atoms with Gasteiger partial charge in [-0.3, -0.25) is 4.79 Å². The zero-order chi connectivity index (χ0) is 16.7. The first-order chi connectivity index (χ1) is 10.3. The van der Waals surface area contributed by atoms with E-state index in [1.54, 1.807) is 18.2 Å². The summed E-state index contributed by atoms with van der Waals surface area (Å²) >= 11 is 0. The van der Waals surface area contributed by atoms with Gasteiger partial charge in [0, 0.05) is 18.8 Å². The molecule has 0 bridgehead atoms. The molecule has 0 saturated heterocycles. The molecule has 8 heteroatoms. The van der Waals surface area contributed by atoms with Crippen LogP contribution in [0.3, 0.4) is 0 Å². The van der Waals surface area contributed by atoms with Crippen LogP contribution in [0.5, 0.6) is 5.75 Å². The van der Waals surface area contributed by atoms with Crippen molar-refractivity contribution < 1.29 is 35.1 Å². The number of hydrogen-bond acceptors (Lipinski definition) is 6. The SMILES string of the molecule is COC(=O)C(Cc1ccccc1O)NC(=O)C([NH3+])CC(=O)[O-]. The van der Waals surface area contributed by atoms with Crippen molar-refractivity contribution in [1.29, 1.82) is 0 Å². The van der Waals surface area contributed by atoms with Gasteiger partial charge in [0.1, 0.15) is 11.8 Å². The second-order valence-corrected chi connectivity index (χ2v) is 4.69. The number of quaternary nitrogens is 1. The maximum Gasteiger partial charge on any atom is 0.328 e. The largest absolute Gasteiger partial charge is 0.550 e. The number of methoxy groups -OCH3 is 1. The Kier molecular flexibility index (Phi) is 6.33. The van der Waals surface area contributed by atoms with Crippen LogP contribution in [-0.4, -0.2) is 42.1 Å². The number of phenols is 1. The van der Waals surface area contributed by atoms with E-state index in [1.807, 2.05) is 0 Å². The Bertz CT molecular complexity index is 560. The number of benzene rings is 1. The molecule has 0 aliphatic carbocycles. The fraction of sp³-hybridized carbons (Fsp3) is 0.357. The molecule has 5 N–H and O–H groups in total. The number of amides is 1. The Morgan fingerprint density at radius 1 is 1.36 bits per heavy atom. The topological polar surface area (TPSA) is 143 Å². The van der Waals surface area contributed by atoms with Gasteiger partial charge in [0.25, 0.3) is 5.91 Å². The molecule has 0 heterocycles. The van der Waals surface area contributed by atoms with Crippen LogP contribution in [-0.2, 0) is 25.5 Å². The highest BCUT2D eigenvalue weighted by molar-refractivity contribution is 5.88. The summed E-state index contributed by atoms with van der Waals surface area (Å²) in [6, 6.07) is 4.19. The van der Waals surface area contributed by atoms with Crippen molar-refractivity contribution in [2.75, 3.05) is 7.11 Å². The molecule has 22 heavy (non-hydrogen) atoms. The van der Waals surface area contributed by atoms with E-state index in [9.17, 15) is 24.6 Å². The molecule has 0 spiro atoms. The summed E-state index contributed by atoms with van der Waals surface area (Å²) in [5.74, 6) is -2.86. The van der Waals surface area contributed by atoms with Crippen LogP contribution in [0.4, 0.5) is 0 Å². The predicted octanol–water partition coefficient (Wildman–Crippen LogP) is -2.66. The summed E-state index contributed by atoms with van der Waals surface area (Å²) in [7, 11) is 1.16. The molecule has 0 saturated carbocycles. The lowest BCUT2D eigenvalue weighted by Crippen LogP contribution is -2.69. The zero-order valence-corrected chi connectivity index (χ0v) is 12.1. The van der Waals surface area contributed by atoms with E-state index in [1.165, 1.54) is 6.07 Å². The van der Waals surface area contributed by atoms with Crippen LogP contribution in [0.2, 0.25) is 0 Å². The lowest BCUT2D eigenvalue weighted by Gasteiger charge is -2.18. The fourth-order valence-corrected chi connectivity index (χ4v) is 1.82. The monoisotopic (exact) mass is 310 g/mol. The summed E-state index contributed by atoms with van der Waals surface area (Å²) in [5, 5.41) is 22.6. The van der Waals surface area contributed by atoms with Crippen molar-refractivity contribution >= 4 is 17.8 Å². The second kappa shape index (κ2) is 7.99. The van der Waals surface area contributed by atoms with Gasteiger partial charge in [-0.25, -0.2) is 4.79 Å². The number of rotatable bonds is 7. The van der Waals surface area contributed by atoms with Gasteiger partial charge in [0.2, 0.25) is 0 Å². The molecular weight excluding hydrogens is 292 g/mol. The summed E-state index contributed by atoms with van der Waals surface area (Å²) < 4.78 is 4.60. The molecule has 0 aliphatic rings. The Morgan fingerprint density at radius 3 is 2.55 bits per heavy atom. The molecule has 2 unspecified atom stereocenters. The van der Waals surface area contributed by atoms with E-state index in [0.717, 1.165) is 7.11 Å². The van der Waals surface area contributed by atoms with E-state index in [-0.39, 0.29) is 12.2 Å². The third-order valence-electron chi connectivity index (χ3n) is 3.00. The summed E-state index contributed by atoms with van der Waals surface area (Å²) in [5.41, 5.74) is 3.85. The van der Waals surface area contributed by atoms with Crippen molar-refractivity contribution in [2.24, 2.45) is 0 Å².